The molecule has 0 radical (unpaired) electrons. The zero-order chi connectivity index (χ0) is 15.4. The second kappa shape index (κ2) is 6.91. The van der Waals surface area contributed by atoms with Crippen molar-refractivity contribution in [2.45, 2.75) is 6.61 Å². The predicted octanol–water partition coefficient (Wildman–Crippen LogP) is 5.11. The first kappa shape index (κ1) is 15.8. The second-order valence-corrected chi connectivity index (χ2v) is 5.38. The maximum absolute atomic E-state index is 8.91. The van der Waals surface area contributed by atoms with Gasteiger partial charge in [-0.05, 0) is 18.2 Å². The monoisotopic (exact) mass is 341 g/mol. The van der Waals surface area contributed by atoms with Crippen LogP contribution in [0, 0.1) is 11.3 Å². The first-order valence-corrected chi connectivity index (χ1v) is 7.03. The minimum absolute atomic E-state index is 0.206. The molecule has 6 heteroatoms. The van der Waals surface area contributed by atoms with Crippen LogP contribution in [0.4, 0.5) is 0 Å². The van der Waals surface area contributed by atoms with Crippen molar-refractivity contribution in [3.8, 4) is 17.6 Å². The first-order chi connectivity index (χ1) is 10.0. The van der Waals surface area contributed by atoms with Gasteiger partial charge in [0.25, 0.3) is 0 Å². The lowest BCUT2D eigenvalue weighted by Crippen LogP contribution is -1.99. The fourth-order valence-corrected chi connectivity index (χ4v) is 2.44. The average molecular weight is 343 g/mol. The van der Waals surface area contributed by atoms with Gasteiger partial charge in [0, 0.05) is 21.7 Å². The van der Waals surface area contributed by atoms with Crippen LogP contribution in [0.5, 0.6) is 11.5 Å². The molecule has 0 heterocycles. The zero-order valence-corrected chi connectivity index (χ0v) is 13.3. The summed E-state index contributed by atoms with van der Waals surface area (Å²) in [6, 6.07) is 10.2. The summed E-state index contributed by atoms with van der Waals surface area (Å²) in [4.78, 5) is 0. The van der Waals surface area contributed by atoms with Gasteiger partial charge in [0.1, 0.15) is 6.61 Å². The molecule has 2 aromatic rings. The van der Waals surface area contributed by atoms with Gasteiger partial charge < -0.3 is 9.47 Å². The van der Waals surface area contributed by atoms with Crippen LogP contribution in [-0.2, 0) is 6.61 Å². The summed E-state index contributed by atoms with van der Waals surface area (Å²) in [6.07, 6.45) is 0. The number of nitriles is 1. The normalized spacial score (nSPS) is 10.0. The third-order valence-electron chi connectivity index (χ3n) is 2.75. The molecule has 0 bridgehead atoms. The number of benzene rings is 2. The fourth-order valence-electron chi connectivity index (χ4n) is 1.71. The Morgan fingerprint density at radius 2 is 1.86 bits per heavy atom. The van der Waals surface area contributed by atoms with Crippen LogP contribution in [0.15, 0.2) is 30.3 Å². The second-order valence-electron chi connectivity index (χ2n) is 4.13. The minimum Gasteiger partial charge on any atom is -0.493 e. The fraction of sp³-hybridized carbons (Fsp3) is 0.133. The number of methoxy groups -OCH3 is 1. The molecule has 2 rings (SSSR count). The van der Waals surface area contributed by atoms with E-state index in [-0.39, 0.29) is 6.61 Å². The molecule has 0 atom stereocenters. The lowest BCUT2D eigenvalue weighted by atomic mass is 10.2. The van der Waals surface area contributed by atoms with Crippen LogP contribution < -0.4 is 9.47 Å². The van der Waals surface area contributed by atoms with Crippen molar-refractivity contribution < 1.29 is 9.47 Å². The van der Waals surface area contributed by atoms with Gasteiger partial charge in [-0.15, -0.1) is 0 Å². The van der Waals surface area contributed by atoms with Crippen molar-refractivity contribution in [2.24, 2.45) is 0 Å². The van der Waals surface area contributed by atoms with E-state index in [2.05, 4.69) is 0 Å². The minimum atomic E-state index is 0.206. The maximum Gasteiger partial charge on any atom is 0.180 e. The molecule has 2 aromatic carbocycles. The van der Waals surface area contributed by atoms with Gasteiger partial charge >= 0.3 is 0 Å². The molecule has 21 heavy (non-hydrogen) atoms. The van der Waals surface area contributed by atoms with Crippen LogP contribution in [0.25, 0.3) is 0 Å². The summed E-state index contributed by atoms with van der Waals surface area (Å²) in [5.41, 5.74) is 1.16. The molecule has 0 saturated carbocycles. The summed E-state index contributed by atoms with van der Waals surface area (Å²) in [5, 5.41) is 10.3. The molecule has 0 amide bonds. The van der Waals surface area contributed by atoms with E-state index in [0.29, 0.717) is 32.1 Å². The Balaban J connectivity index is 2.26. The topological polar surface area (TPSA) is 42.2 Å². The van der Waals surface area contributed by atoms with E-state index in [1.807, 2.05) is 6.07 Å². The van der Waals surface area contributed by atoms with Crippen LogP contribution in [0.2, 0.25) is 15.1 Å². The van der Waals surface area contributed by atoms with Crippen LogP contribution in [-0.4, -0.2) is 7.11 Å². The highest BCUT2D eigenvalue weighted by Gasteiger charge is 2.13. The number of ether oxygens (including phenoxy) is 2. The molecule has 0 N–H and O–H groups in total. The maximum atomic E-state index is 8.91. The van der Waals surface area contributed by atoms with Gasteiger partial charge in [0.2, 0.25) is 0 Å². The summed E-state index contributed by atoms with van der Waals surface area (Å²) >= 11 is 18.0. The zero-order valence-electron chi connectivity index (χ0n) is 11.0. The lowest BCUT2D eigenvalue weighted by molar-refractivity contribution is 0.285. The number of halogens is 3. The van der Waals surface area contributed by atoms with Crippen molar-refractivity contribution >= 4 is 34.8 Å². The van der Waals surface area contributed by atoms with Gasteiger partial charge in [-0.2, -0.15) is 5.26 Å². The molecular formula is C15H10Cl3NO2. The molecule has 0 aliphatic rings. The molecule has 0 fully saturated rings. The Hall–Kier alpha value is -1.60. The molecule has 0 unspecified atom stereocenters. The van der Waals surface area contributed by atoms with E-state index in [9.17, 15) is 0 Å². The van der Waals surface area contributed by atoms with Crippen molar-refractivity contribution in [1.29, 1.82) is 5.26 Å². The Labute approximate surface area is 137 Å². The highest BCUT2D eigenvalue weighted by atomic mass is 35.5. The van der Waals surface area contributed by atoms with E-state index >= 15 is 0 Å². The van der Waals surface area contributed by atoms with Crippen molar-refractivity contribution in [2.75, 3.05) is 7.11 Å². The van der Waals surface area contributed by atoms with E-state index in [1.54, 1.807) is 24.3 Å². The Bertz CT molecular complexity index is 711. The highest BCUT2D eigenvalue weighted by Crippen LogP contribution is 2.37. The SMILES string of the molecule is COc1cc(C#N)cc(Cl)c1OCc1ccc(Cl)cc1Cl. The molecule has 108 valence electrons. The summed E-state index contributed by atoms with van der Waals surface area (Å²) in [7, 11) is 1.48. The summed E-state index contributed by atoms with van der Waals surface area (Å²) < 4.78 is 10.9. The molecule has 0 spiro atoms. The highest BCUT2D eigenvalue weighted by molar-refractivity contribution is 6.35. The van der Waals surface area contributed by atoms with Gasteiger partial charge in [0.05, 0.1) is 23.8 Å². The van der Waals surface area contributed by atoms with E-state index in [1.165, 1.54) is 13.2 Å². The lowest BCUT2D eigenvalue weighted by Gasteiger charge is -2.13. The van der Waals surface area contributed by atoms with Crippen LogP contribution in [0.3, 0.4) is 0 Å². The molecule has 0 aliphatic carbocycles. The Kier molecular flexibility index (Phi) is 5.19. The Morgan fingerprint density at radius 3 is 2.48 bits per heavy atom. The van der Waals surface area contributed by atoms with Crippen molar-refractivity contribution in [3.05, 3.63) is 56.5 Å². The number of hydrogen-bond acceptors (Lipinski definition) is 3. The molecule has 3 nitrogen and oxygen atoms in total. The molecule has 0 aromatic heterocycles. The van der Waals surface area contributed by atoms with Crippen LogP contribution in [0.1, 0.15) is 11.1 Å². The smallest absolute Gasteiger partial charge is 0.180 e. The van der Waals surface area contributed by atoms with Gasteiger partial charge in [-0.1, -0.05) is 40.9 Å². The number of hydrogen-bond donors (Lipinski definition) is 0. The largest absolute Gasteiger partial charge is 0.493 e. The molecular weight excluding hydrogens is 333 g/mol. The predicted molar refractivity (Wildman–Crippen MR) is 83.5 cm³/mol. The van der Waals surface area contributed by atoms with Gasteiger partial charge in [-0.3, -0.25) is 0 Å². The quantitative estimate of drug-likeness (QED) is 0.775. The van der Waals surface area contributed by atoms with E-state index < -0.39 is 0 Å². The van der Waals surface area contributed by atoms with Crippen molar-refractivity contribution in [3.63, 3.8) is 0 Å². The third-order valence-corrected chi connectivity index (χ3v) is 3.61. The van der Waals surface area contributed by atoms with Gasteiger partial charge in [0.15, 0.2) is 11.5 Å². The molecule has 0 aliphatic heterocycles. The average Bonchev–Trinajstić information content (AvgIpc) is 2.46. The van der Waals surface area contributed by atoms with Crippen LogP contribution >= 0.6 is 34.8 Å². The van der Waals surface area contributed by atoms with E-state index in [0.717, 1.165) is 5.56 Å². The van der Waals surface area contributed by atoms with E-state index in [4.69, 9.17) is 49.5 Å². The van der Waals surface area contributed by atoms with Gasteiger partial charge in [-0.25, -0.2) is 0 Å². The third kappa shape index (κ3) is 3.74. The molecule has 0 saturated heterocycles. The summed E-state index contributed by atoms with van der Waals surface area (Å²) in [6.45, 7) is 0.206. The number of nitrogens with zero attached hydrogens (tertiary/aromatic N) is 1. The Morgan fingerprint density at radius 1 is 1.10 bits per heavy atom. The standard InChI is InChI=1S/C15H10Cl3NO2/c1-20-14-5-9(7-19)4-13(18)15(14)21-8-10-2-3-11(16)6-12(10)17/h2-6H,8H2,1H3. The first-order valence-electron chi connectivity index (χ1n) is 5.89. The summed E-state index contributed by atoms with van der Waals surface area (Å²) in [5.74, 6) is 0.758. The number of rotatable bonds is 4. The van der Waals surface area contributed by atoms with Crippen molar-refractivity contribution in [1.82, 2.24) is 0 Å².